The minimum atomic E-state index is -4.43. The number of hydrogen-bond donors (Lipinski definition) is 1. The van der Waals surface area contributed by atoms with Crippen LogP contribution in [0.3, 0.4) is 0 Å². The molecule has 0 aliphatic carbocycles. The predicted octanol–water partition coefficient (Wildman–Crippen LogP) is 3.93. The number of rotatable bonds is 3. The summed E-state index contributed by atoms with van der Waals surface area (Å²) >= 11 is 3.37. The first-order chi connectivity index (χ1) is 9.32. The Hall–Kier alpha value is -1.34. The zero-order valence-electron chi connectivity index (χ0n) is 10.9. The molecule has 0 bridgehead atoms. The normalized spacial score (nSPS) is 13.5. The van der Waals surface area contributed by atoms with Crippen molar-refractivity contribution in [2.75, 3.05) is 7.05 Å². The molecule has 1 aromatic carbocycles. The molecule has 20 heavy (non-hydrogen) atoms. The summed E-state index contributed by atoms with van der Waals surface area (Å²) in [7, 11) is 1.84. The Morgan fingerprint density at radius 2 is 2.00 bits per heavy atom. The summed E-state index contributed by atoms with van der Waals surface area (Å²) in [6.07, 6.45) is -3.14. The van der Waals surface area contributed by atoms with Crippen molar-refractivity contribution in [3.05, 3.63) is 46.2 Å². The van der Waals surface area contributed by atoms with Gasteiger partial charge >= 0.3 is 6.18 Å². The van der Waals surface area contributed by atoms with Crippen molar-refractivity contribution < 1.29 is 13.2 Å². The summed E-state index contributed by atoms with van der Waals surface area (Å²) in [6, 6.07) is 6.57. The molecule has 0 aliphatic heterocycles. The van der Waals surface area contributed by atoms with Crippen LogP contribution in [0.5, 0.6) is 0 Å². The van der Waals surface area contributed by atoms with Crippen molar-refractivity contribution in [1.29, 1.82) is 0 Å². The molecule has 0 spiro atoms. The first-order valence-corrected chi connectivity index (χ1v) is 6.72. The SMILES string of the molecule is CNC(C)c1ccc(-n2ccc(C(F)(F)F)n2)c(Br)c1. The number of hydrogen-bond acceptors (Lipinski definition) is 2. The molecule has 7 heteroatoms. The van der Waals surface area contributed by atoms with Gasteiger partial charge in [0.15, 0.2) is 5.69 Å². The van der Waals surface area contributed by atoms with Crippen LogP contribution in [0.4, 0.5) is 13.2 Å². The molecule has 2 aromatic rings. The lowest BCUT2D eigenvalue weighted by molar-refractivity contribution is -0.141. The smallest absolute Gasteiger partial charge is 0.313 e. The third kappa shape index (κ3) is 3.04. The molecular weight excluding hydrogens is 335 g/mol. The van der Waals surface area contributed by atoms with E-state index in [2.05, 4.69) is 26.3 Å². The van der Waals surface area contributed by atoms with Gasteiger partial charge in [-0.2, -0.15) is 18.3 Å². The second kappa shape index (κ2) is 5.57. The first-order valence-electron chi connectivity index (χ1n) is 5.93. The molecule has 1 heterocycles. The van der Waals surface area contributed by atoms with Gasteiger partial charge in [0.2, 0.25) is 0 Å². The molecular formula is C13H13BrF3N3. The molecule has 2 rings (SSSR count). The van der Waals surface area contributed by atoms with Crippen LogP contribution in [0.2, 0.25) is 0 Å². The number of benzene rings is 1. The number of halogens is 4. The van der Waals surface area contributed by atoms with Crippen LogP contribution in [0.15, 0.2) is 34.9 Å². The van der Waals surface area contributed by atoms with E-state index in [0.29, 0.717) is 10.2 Å². The second-order valence-corrected chi connectivity index (χ2v) is 5.22. The highest BCUT2D eigenvalue weighted by molar-refractivity contribution is 9.10. The topological polar surface area (TPSA) is 29.9 Å². The Kier molecular flexibility index (Phi) is 4.19. The Balaban J connectivity index is 2.36. The molecule has 0 fully saturated rings. The third-order valence-electron chi connectivity index (χ3n) is 3.03. The molecule has 1 atom stereocenters. The molecule has 0 radical (unpaired) electrons. The summed E-state index contributed by atoms with van der Waals surface area (Å²) in [4.78, 5) is 0. The average molecular weight is 348 g/mol. The number of aromatic nitrogens is 2. The number of nitrogens with zero attached hydrogens (tertiary/aromatic N) is 2. The molecule has 0 saturated carbocycles. The van der Waals surface area contributed by atoms with E-state index in [-0.39, 0.29) is 6.04 Å². The van der Waals surface area contributed by atoms with Crippen LogP contribution in [0, 0.1) is 0 Å². The zero-order chi connectivity index (χ0) is 14.9. The van der Waals surface area contributed by atoms with E-state index in [0.717, 1.165) is 11.6 Å². The second-order valence-electron chi connectivity index (χ2n) is 4.36. The Labute approximate surface area is 122 Å². The van der Waals surface area contributed by atoms with E-state index in [1.807, 2.05) is 26.1 Å². The van der Waals surface area contributed by atoms with Crippen LogP contribution in [-0.2, 0) is 6.18 Å². The van der Waals surface area contributed by atoms with E-state index in [9.17, 15) is 13.2 Å². The van der Waals surface area contributed by atoms with Gasteiger partial charge in [-0.15, -0.1) is 0 Å². The quantitative estimate of drug-likeness (QED) is 0.911. The van der Waals surface area contributed by atoms with Crippen molar-refractivity contribution in [3.8, 4) is 5.69 Å². The van der Waals surface area contributed by atoms with Crippen LogP contribution < -0.4 is 5.32 Å². The predicted molar refractivity (Wildman–Crippen MR) is 73.7 cm³/mol. The van der Waals surface area contributed by atoms with Crippen molar-refractivity contribution in [2.24, 2.45) is 0 Å². The molecule has 3 nitrogen and oxygen atoms in total. The molecule has 1 N–H and O–H groups in total. The molecule has 1 aromatic heterocycles. The Morgan fingerprint density at radius 1 is 1.30 bits per heavy atom. The van der Waals surface area contributed by atoms with E-state index >= 15 is 0 Å². The van der Waals surface area contributed by atoms with Gasteiger partial charge < -0.3 is 5.32 Å². The fraction of sp³-hybridized carbons (Fsp3) is 0.308. The fourth-order valence-corrected chi connectivity index (χ4v) is 2.33. The monoisotopic (exact) mass is 347 g/mol. The standard InChI is InChI=1S/C13H13BrF3N3/c1-8(18-2)9-3-4-11(10(14)7-9)20-6-5-12(19-20)13(15,16)17/h3-8,18H,1-2H3. The van der Waals surface area contributed by atoms with Gasteiger partial charge in [-0.05, 0) is 53.7 Å². The van der Waals surface area contributed by atoms with Crippen molar-refractivity contribution >= 4 is 15.9 Å². The lowest BCUT2D eigenvalue weighted by Crippen LogP contribution is -2.12. The van der Waals surface area contributed by atoms with E-state index in [4.69, 9.17) is 0 Å². The molecule has 0 saturated heterocycles. The van der Waals surface area contributed by atoms with Crippen molar-refractivity contribution in [2.45, 2.75) is 19.1 Å². The Bertz CT molecular complexity index is 607. The van der Waals surface area contributed by atoms with Crippen LogP contribution in [-0.4, -0.2) is 16.8 Å². The maximum Gasteiger partial charge on any atom is 0.435 e. The molecule has 0 aliphatic rings. The van der Waals surface area contributed by atoms with Gasteiger partial charge in [-0.1, -0.05) is 6.07 Å². The van der Waals surface area contributed by atoms with Gasteiger partial charge in [0.05, 0.1) is 5.69 Å². The lowest BCUT2D eigenvalue weighted by Gasteiger charge is -2.13. The Morgan fingerprint density at radius 3 is 2.50 bits per heavy atom. The highest BCUT2D eigenvalue weighted by Gasteiger charge is 2.33. The number of nitrogens with one attached hydrogen (secondary N) is 1. The van der Waals surface area contributed by atoms with Gasteiger partial charge in [0.1, 0.15) is 0 Å². The average Bonchev–Trinajstić information content (AvgIpc) is 2.87. The highest BCUT2D eigenvalue weighted by atomic mass is 79.9. The van der Waals surface area contributed by atoms with Crippen LogP contribution in [0.25, 0.3) is 5.69 Å². The highest BCUT2D eigenvalue weighted by Crippen LogP contribution is 2.30. The summed E-state index contributed by atoms with van der Waals surface area (Å²) < 4.78 is 39.5. The fourth-order valence-electron chi connectivity index (χ4n) is 1.75. The van der Waals surface area contributed by atoms with Gasteiger partial charge in [0, 0.05) is 16.7 Å². The third-order valence-corrected chi connectivity index (χ3v) is 3.67. The van der Waals surface area contributed by atoms with Crippen LogP contribution in [0.1, 0.15) is 24.2 Å². The molecule has 1 unspecified atom stereocenters. The van der Waals surface area contributed by atoms with Crippen molar-refractivity contribution in [1.82, 2.24) is 15.1 Å². The molecule has 108 valence electrons. The largest absolute Gasteiger partial charge is 0.435 e. The summed E-state index contributed by atoms with van der Waals surface area (Å²) in [6.45, 7) is 2.00. The lowest BCUT2D eigenvalue weighted by atomic mass is 10.1. The van der Waals surface area contributed by atoms with Gasteiger partial charge in [-0.25, -0.2) is 4.68 Å². The van der Waals surface area contributed by atoms with Gasteiger partial charge in [-0.3, -0.25) is 0 Å². The number of alkyl halides is 3. The van der Waals surface area contributed by atoms with E-state index < -0.39 is 11.9 Å². The maximum atomic E-state index is 12.5. The van der Waals surface area contributed by atoms with Gasteiger partial charge in [0.25, 0.3) is 0 Å². The summed E-state index contributed by atoms with van der Waals surface area (Å²) in [5.41, 5.74) is 0.691. The van der Waals surface area contributed by atoms with E-state index in [1.54, 1.807) is 6.07 Å². The first kappa shape index (κ1) is 15.1. The summed E-state index contributed by atoms with van der Waals surface area (Å²) in [5.74, 6) is 0. The molecule has 0 amide bonds. The summed E-state index contributed by atoms with van der Waals surface area (Å²) in [5, 5.41) is 6.65. The van der Waals surface area contributed by atoms with Crippen LogP contribution >= 0.6 is 15.9 Å². The van der Waals surface area contributed by atoms with E-state index in [1.165, 1.54) is 10.9 Å². The maximum absolute atomic E-state index is 12.5. The van der Waals surface area contributed by atoms with Crippen molar-refractivity contribution in [3.63, 3.8) is 0 Å². The minimum absolute atomic E-state index is 0.156. The minimum Gasteiger partial charge on any atom is -0.313 e. The zero-order valence-corrected chi connectivity index (χ0v) is 12.5.